The SMILES string of the molecule is NCc1ccncc1-c1cccc(C(F)(F)F)c1. The smallest absolute Gasteiger partial charge is 0.326 e. The van der Waals surface area contributed by atoms with Crippen LogP contribution in [0.3, 0.4) is 0 Å². The van der Waals surface area contributed by atoms with Crippen molar-refractivity contribution in [3.63, 3.8) is 0 Å². The topological polar surface area (TPSA) is 38.9 Å². The van der Waals surface area contributed by atoms with Gasteiger partial charge in [-0.3, -0.25) is 4.98 Å². The van der Waals surface area contributed by atoms with E-state index in [2.05, 4.69) is 4.98 Å². The number of rotatable bonds is 2. The van der Waals surface area contributed by atoms with Crippen molar-refractivity contribution in [3.05, 3.63) is 53.9 Å². The summed E-state index contributed by atoms with van der Waals surface area (Å²) in [5.74, 6) is 0. The Kier molecular flexibility index (Phi) is 3.34. The van der Waals surface area contributed by atoms with Crippen LogP contribution in [0.4, 0.5) is 13.2 Å². The Morgan fingerprint density at radius 3 is 2.61 bits per heavy atom. The van der Waals surface area contributed by atoms with Gasteiger partial charge in [0.1, 0.15) is 0 Å². The van der Waals surface area contributed by atoms with E-state index in [9.17, 15) is 13.2 Å². The highest BCUT2D eigenvalue weighted by Gasteiger charge is 2.30. The molecule has 5 heteroatoms. The summed E-state index contributed by atoms with van der Waals surface area (Å²) in [6, 6.07) is 6.85. The van der Waals surface area contributed by atoms with Crippen molar-refractivity contribution < 1.29 is 13.2 Å². The molecule has 0 amide bonds. The lowest BCUT2D eigenvalue weighted by Crippen LogP contribution is -2.05. The molecule has 2 rings (SSSR count). The molecule has 2 aromatic rings. The lowest BCUT2D eigenvalue weighted by atomic mass is 10.00. The summed E-state index contributed by atoms with van der Waals surface area (Å²) in [6.45, 7) is 0.258. The fourth-order valence-electron chi connectivity index (χ4n) is 1.72. The van der Waals surface area contributed by atoms with E-state index in [0.717, 1.165) is 17.7 Å². The fraction of sp³-hybridized carbons (Fsp3) is 0.154. The first-order valence-corrected chi connectivity index (χ1v) is 5.33. The van der Waals surface area contributed by atoms with Gasteiger partial charge in [0.2, 0.25) is 0 Å². The number of hydrogen-bond acceptors (Lipinski definition) is 2. The molecule has 0 spiro atoms. The van der Waals surface area contributed by atoms with Gasteiger partial charge in [-0.05, 0) is 29.3 Å². The standard InChI is InChI=1S/C13H11F3N2/c14-13(15,16)11-3-1-2-9(6-11)12-8-18-5-4-10(12)7-17/h1-6,8H,7,17H2. The minimum Gasteiger partial charge on any atom is -0.326 e. The van der Waals surface area contributed by atoms with Gasteiger partial charge >= 0.3 is 6.18 Å². The molecule has 2 nitrogen and oxygen atoms in total. The van der Waals surface area contributed by atoms with Gasteiger partial charge in [0.25, 0.3) is 0 Å². The van der Waals surface area contributed by atoms with Crippen LogP contribution in [0.1, 0.15) is 11.1 Å². The van der Waals surface area contributed by atoms with Crippen molar-refractivity contribution in [2.75, 3.05) is 0 Å². The summed E-state index contributed by atoms with van der Waals surface area (Å²) >= 11 is 0. The second-order valence-electron chi connectivity index (χ2n) is 3.82. The Morgan fingerprint density at radius 2 is 1.94 bits per heavy atom. The Bertz CT molecular complexity index is 550. The number of hydrogen-bond donors (Lipinski definition) is 1. The lowest BCUT2D eigenvalue weighted by Gasteiger charge is -2.10. The molecule has 94 valence electrons. The molecule has 0 atom stereocenters. The van der Waals surface area contributed by atoms with Gasteiger partial charge in [0.15, 0.2) is 0 Å². The molecular weight excluding hydrogens is 241 g/mol. The molecule has 0 aliphatic heterocycles. The highest BCUT2D eigenvalue weighted by Crippen LogP contribution is 2.32. The third kappa shape index (κ3) is 2.51. The van der Waals surface area contributed by atoms with Crippen LogP contribution in [0.25, 0.3) is 11.1 Å². The maximum atomic E-state index is 12.6. The molecule has 0 saturated heterocycles. The highest BCUT2D eigenvalue weighted by molar-refractivity contribution is 5.67. The summed E-state index contributed by atoms with van der Waals surface area (Å²) in [6.07, 6.45) is -1.25. The van der Waals surface area contributed by atoms with Gasteiger partial charge in [0, 0.05) is 24.5 Å². The summed E-state index contributed by atoms with van der Waals surface area (Å²) in [4.78, 5) is 3.92. The first-order valence-electron chi connectivity index (χ1n) is 5.33. The Hall–Kier alpha value is -1.88. The molecule has 18 heavy (non-hydrogen) atoms. The Balaban J connectivity index is 2.51. The van der Waals surface area contributed by atoms with Gasteiger partial charge < -0.3 is 5.73 Å². The van der Waals surface area contributed by atoms with Gasteiger partial charge in [-0.15, -0.1) is 0 Å². The maximum absolute atomic E-state index is 12.6. The average molecular weight is 252 g/mol. The van der Waals surface area contributed by atoms with Crippen molar-refractivity contribution in [2.45, 2.75) is 12.7 Å². The molecule has 1 heterocycles. The lowest BCUT2D eigenvalue weighted by molar-refractivity contribution is -0.137. The molecule has 0 saturated carbocycles. The predicted octanol–water partition coefficient (Wildman–Crippen LogP) is 3.23. The normalized spacial score (nSPS) is 11.6. The van der Waals surface area contributed by atoms with Crippen molar-refractivity contribution in [2.24, 2.45) is 5.73 Å². The summed E-state index contributed by atoms with van der Waals surface area (Å²) in [7, 11) is 0. The van der Waals surface area contributed by atoms with Gasteiger partial charge in [-0.1, -0.05) is 12.1 Å². The van der Waals surface area contributed by atoms with Crippen LogP contribution in [-0.4, -0.2) is 4.98 Å². The number of nitrogens with two attached hydrogens (primary N) is 1. The largest absolute Gasteiger partial charge is 0.416 e. The van der Waals surface area contributed by atoms with Crippen molar-refractivity contribution in [1.82, 2.24) is 4.98 Å². The molecule has 0 radical (unpaired) electrons. The average Bonchev–Trinajstić information content (AvgIpc) is 2.38. The Labute approximate surface area is 102 Å². The molecule has 0 fully saturated rings. The van der Waals surface area contributed by atoms with Crippen LogP contribution in [-0.2, 0) is 12.7 Å². The van der Waals surface area contributed by atoms with Crippen molar-refractivity contribution in [3.8, 4) is 11.1 Å². The third-order valence-corrected chi connectivity index (χ3v) is 2.63. The molecule has 0 bridgehead atoms. The van der Waals surface area contributed by atoms with Crippen LogP contribution < -0.4 is 5.73 Å². The van der Waals surface area contributed by atoms with Crippen LogP contribution in [0.15, 0.2) is 42.7 Å². The zero-order valence-corrected chi connectivity index (χ0v) is 9.41. The van der Waals surface area contributed by atoms with Crippen molar-refractivity contribution in [1.29, 1.82) is 0 Å². The van der Waals surface area contributed by atoms with Gasteiger partial charge in [0.05, 0.1) is 5.56 Å². The zero-order valence-electron chi connectivity index (χ0n) is 9.41. The number of pyridine rings is 1. The second kappa shape index (κ2) is 4.78. The number of benzene rings is 1. The van der Waals surface area contributed by atoms with E-state index >= 15 is 0 Å². The van der Waals surface area contributed by atoms with Crippen LogP contribution in [0.5, 0.6) is 0 Å². The number of alkyl halides is 3. The molecule has 1 aromatic carbocycles. The first-order chi connectivity index (χ1) is 8.52. The second-order valence-corrected chi connectivity index (χ2v) is 3.82. The van der Waals surface area contributed by atoms with Crippen LogP contribution in [0.2, 0.25) is 0 Å². The quantitative estimate of drug-likeness (QED) is 0.891. The van der Waals surface area contributed by atoms with E-state index in [-0.39, 0.29) is 6.54 Å². The Morgan fingerprint density at radius 1 is 1.17 bits per heavy atom. The zero-order chi connectivity index (χ0) is 13.2. The molecule has 0 aliphatic rings. The highest BCUT2D eigenvalue weighted by atomic mass is 19.4. The molecule has 1 aromatic heterocycles. The summed E-state index contributed by atoms with van der Waals surface area (Å²) < 4.78 is 37.9. The van der Waals surface area contributed by atoms with Crippen LogP contribution >= 0.6 is 0 Å². The summed E-state index contributed by atoms with van der Waals surface area (Å²) in [5, 5.41) is 0. The van der Waals surface area contributed by atoms with E-state index in [0.29, 0.717) is 11.1 Å². The van der Waals surface area contributed by atoms with E-state index in [1.54, 1.807) is 18.3 Å². The van der Waals surface area contributed by atoms with Crippen LogP contribution in [0, 0.1) is 0 Å². The fourth-order valence-corrected chi connectivity index (χ4v) is 1.72. The third-order valence-electron chi connectivity index (χ3n) is 2.63. The number of halogens is 3. The molecular formula is C13H11F3N2. The monoisotopic (exact) mass is 252 g/mol. The minimum absolute atomic E-state index is 0.258. The van der Waals surface area contributed by atoms with Gasteiger partial charge in [-0.25, -0.2) is 0 Å². The molecule has 0 unspecified atom stereocenters. The van der Waals surface area contributed by atoms with E-state index < -0.39 is 11.7 Å². The maximum Gasteiger partial charge on any atom is 0.416 e. The van der Waals surface area contributed by atoms with Crippen molar-refractivity contribution >= 4 is 0 Å². The first kappa shape index (κ1) is 12.6. The van der Waals surface area contributed by atoms with E-state index in [1.165, 1.54) is 12.3 Å². The number of nitrogens with zero attached hydrogens (tertiary/aromatic N) is 1. The molecule has 2 N–H and O–H groups in total. The minimum atomic E-state index is -4.35. The summed E-state index contributed by atoms with van der Waals surface area (Å²) in [5.41, 5.74) is 6.76. The van der Waals surface area contributed by atoms with Gasteiger partial charge in [-0.2, -0.15) is 13.2 Å². The number of aromatic nitrogens is 1. The predicted molar refractivity (Wildman–Crippen MR) is 62.6 cm³/mol. The van der Waals surface area contributed by atoms with E-state index in [1.807, 2.05) is 0 Å². The molecule has 0 aliphatic carbocycles. The van der Waals surface area contributed by atoms with E-state index in [4.69, 9.17) is 5.73 Å².